The molecule has 0 spiro atoms. The smallest absolute Gasteiger partial charge is 0.260 e. The second-order valence-corrected chi connectivity index (χ2v) is 8.49. The van der Waals surface area contributed by atoms with E-state index in [4.69, 9.17) is 14.5 Å². The Morgan fingerprint density at radius 1 is 1.30 bits per heavy atom. The topological polar surface area (TPSA) is 87.7 Å². The third-order valence-corrected chi connectivity index (χ3v) is 6.39. The lowest BCUT2D eigenvalue weighted by molar-refractivity contribution is 0.0995. The molecule has 2 N–H and O–H groups in total. The van der Waals surface area contributed by atoms with Gasteiger partial charge in [-0.2, -0.15) is 0 Å². The van der Waals surface area contributed by atoms with Crippen molar-refractivity contribution in [3.8, 4) is 22.6 Å². The van der Waals surface area contributed by atoms with Gasteiger partial charge < -0.3 is 19.6 Å². The van der Waals surface area contributed by atoms with Gasteiger partial charge in [0.2, 0.25) is 0 Å². The summed E-state index contributed by atoms with van der Waals surface area (Å²) < 4.78 is 10.7. The number of aromatic nitrogens is 2. The second-order valence-electron chi connectivity index (χ2n) is 7.63. The van der Waals surface area contributed by atoms with Gasteiger partial charge in [-0.15, -0.1) is 11.3 Å². The van der Waals surface area contributed by atoms with Crippen molar-refractivity contribution >= 4 is 21.6 Å². The molecule has 1 saturated carbocycles. The minimum atomic E-state index is -0.362. The van der Waals surface area contributed by atoms with E-state index in [0.29, 0.717) is 53.1 Å². The van der Waals surface area contributed by atoms with Crippen LogP contribution in [0.15, 0.2) is 28.4 Å². The Morgan fingerprint density at radius 3 is 2.73 bits per heavy atom. The van der Waals surface area contributed by atoms with Crippen molar-refractivity contribution < 1.29 is 14.6 Å². The molecule has 7 nitrogen and oxygen atoms in total. The van der Waals surface area contributed by atoms with E-state index in [9.17, 15) is 9.90 Å². The average molecular weight is 430 g/mol. The van der Waals surface area contributed by atoms with E-state index in [2.05, 4.69) is 9.88 Å². The molecular weight excluding hydrogens is 402 g/mol. The standard InChI is InChI=1S/C22H27N3O4S/c1-4-15(26)10-25(14-6-7-14)11-19-23-21(27)20-16(12-30-22(20)24-19)13-5-8-17(28-2)18(9-13)29-3/h5,8-9,12,14-15,26H,4,6-7,10-11H2,1-3H3,(H,23,24,27)/t15-/m0/s1. The minimum absolute atomic E-state index is 0.146. The number of methoxy groups -OCH3 is 2. The van der Waals surface area contributed by atoms with E-state index in [1.807, 2.05) is 30.5 Å². The number of aliphatic hydroxyl groups excluding tert-OH is 1. The van der Waals surface area contributed by atoms with Crippen LogP contribution in [0.25, 0.3) is 21.3 Å². The maximum absolute atomic E-state index is 13.0. The molecule has 30 heavy (non-hydrogen) atoms. The molecule has 160 valence electrons. The maximum atomic E-state index is 13.0. The third kappa shape index (κ3) is 4.21. The summed E-state index contributed by atoms with van der Waals surface area (Å²) in [5.74, 6) is 1.90. The Hall–Kier alpha value is -2.42. The maximum Gasteiger partial charge on any atom is 0.260 e. The number of nitrogens with zero attached hydrogens (tertiary/aromatic N) is 2. The number of hydrogen-bond donors (Lipinski definition) is 2. The van der Waals surface area contributed by atoms with Gasteiger partial charge >= 0.3 is 0 Å². The fourth-order valence-electron chi connectivity index (χ4n) is 3.66. The van der Waals surface area contributed by atoms with Crippen LogP contribution in [0.2, 0.25) is 0 Å². The van der Waals surface area contributed by atoms with Crippen LogP contribution in [0, 0.1) is 0 Å². The fourth-order valence-corrected chi connectivity index (χ4v) is 4.63. The van der Waals surface area contributed by atoms with E-state index in [1.54, 1.807) is 14.2 Å². The number of nitrogens with one attached hydrogen (secondary N) is 1. The monoisotopic (exact) mass is 429 g/mol. The summed E-state index contributed by atoms with van der Waals surface area (Å²) in [5.41, 5.74) is 1.56. The molecule has 0 bridgehead atoms. The molecule has 1 atom stereocenters. The zero-order valence-corrected chi connectivity index (χ0v) is 18.3. The Bertz CT molecular complexity index is 1090. The van der Waals surface area contributed by atoms with Gasteiger partial charge in [0.05, 0.1) is 32.3 Å². The van der Waals surface area contributed by atoms with Gasteiger partial charge in [0.15, 0.2) is 11.5 Å². The first-order valence-electron chi connectivity index (χ1n) is 10.2. The van der Waals surface area contributed by atoms with Crippen LogP contribution in [0.4, 0.5) is 0 Å². The number of rotatable bonds is 9. The number of hydrogen-bond acceptors (Lipinski definition) is 7. The first-order chi connectivity index (χ1) is 14.5. The van der Waals surface area contributed by atoms with Crippen molar-refractivity contribution in [2.45, 2.75) is 44.9 Å². The highest BCUT2D eigenvalue weighted by Gasteiger charge is 2.30. The number of fused-ring (bicyclic) bond motifs is 1. The predicted octanol–water partition coefficient (Wildman–Crippen LogP) is 3.40. The SMILES string of the molecule is CC[C@H](O)CN(Cc1nc2scc(-c3ccc(OC)c(OC)c3)c2c(=O)[nH]1)C1CC1. The molecule has 2 heterocycles. The largest absolute Gasteiger partial charge is 0.493 e. The number of ether oxygens (including phenoxy) is 2. The quantitative estimate of drug-likeness (QED) is 0.542. The molecule has 1 aliphatic rings. The molecule has 0 saturated heterocycles. The van der Waals surface area contributed by atoms with Gasteiger partial charge in [-0.3, -0.25) is 9.69 Å². The van der Waals surface area contributed by atoms with Crippen molar-refractivity contribution in [1.82, 2.24) is 14.9 Å². The lowest BCUT2D eigenvalue weighted by Crippen LogP contribution is -2.34. The first-order valence-corrected chi connectivity index (χ1v) is 11.1. The molecule has 1 fully saturated rings. The number of H-pyrrole nitrogens is 1. The van der Waals surface area contributed by atoms with Gasteiger partial charge in [-0.1, -0.05) is 13.0 Å². The lowest BCUT2D eigenvalue weighted by atomic mass is 10.1. The van der Waals surface area contributed by atoms with E-state index in [-0.39, 0.29) is 11.7 Å². The second kappa shape index (κ2) is 8.75. The molecule has 4 rings (SSSR count). The zero-order chi connectivity index (χ0) is 21.3. The van der Waals surface area contributed by atoms with Crippen molar-refractivity contribution in [3.05, 3.63) is 39.8 Å². The molecule has 2 aromatic heterocycles. The van der Waals surface area contributed by atoms with Crippen LogP contribution in [-0.2, 0) is 6.54 Å². The molecule has 1 aliphatic carbocycles. The third-order valence-electron chi connectivity index (χ3n) is 5.52. The van der Waals surface area contributed by atoms with E-state index in [1.165, 1.54) is 11.3 Å². The Kier molecular flexibility index (Phi) is 6.08. The molecule has 1 aromatic carbocycles. The Morgan fingerprint density at radius 2 is 2.07 bits per heavy atom. The highest BCUT2D eigenvalue weighted by molar-refractivity contribution is 7.17. The van der Waals surface area contributed by atoms with Gasteiger partial charge in [-0.25, -0.2) is 4.98 Å². The van der Waals surface area contributed by atoms with E-state index in [0.717, 1.165) is 24.0 Å². The van der Waals surface area contributed by atoms with Crippen LogP contribution in [0.3, 0.4) is 0 Å². The van der Waals surface area contributed by atoms with Crippen LogP contribution >= 0.6 is 11.3 Å². The molecule has 0 radical (unpaired) electrons. The van der Waals surface area contributed by atoms with Crippen LogP contribution in [0.1, 0.15) is 32.0 Å². The normalized spacial score (nSPS) is 15.0. The van der Waals surface area contributed by atoms with Gasteiger partial charge in [0, 0.05) is 23.5 Å². The number of benzene rings is 1. The van der Waals surface area contributed by atoms with E-state index >= 15 is 0 Å². The van der Waals surface area contributed by atoms with Crippen LogP contribution < -0.4 is 15.0 Å². The number of thiophene rings is 1. The van der Waals surface area contributed by atoms with Gasteiger partial charge in [-0.05, 0) is 37.0 Å². The lowest BCUT2D eigenvalue weighted by Gasteiger charge is -2.23. The molecule has 8 heteroatoms. The summed E-state index contributed by atoms with van der Waals surface area (Å²) in [6.07, 6.45) is 2.61. The highest BCUT2D eigenvalue weighted by atomic mass is 32.1. The van der Waals surface area contributed by atoms with Crippen molar-refractivity contribution in [2.75, 3.05) is 20.8 Å². The summed E-state index contributed by atoms with van der Waals surface area (Å²) in [4.78, 5) is 23.6. The predicted molar refractivity (Wildman–Crippen MR) is 119 cm³/mol. The summed E-state index contributed by atoms with van der Waals surface area (Å²) in [7, 11) is 3.19. The number of aliphatic hydroxyl groups is 1. The molecule has 3 aromatic rings. The van der Waals surface area contributed by atoms with E-state index < -0.39 is 0 Å². The van der Waals surface area contributed by atoms with Gasteiger partial charge in [0.25, 0.3) is 5.56 Å². The highest BCUT2D eigenvalue weighted by Crippen LogP contribution is 2.36. The fraction of sp³-hybridized carbons (Fsp3) is 0.455. The minimum Gasteiger partial charge on any atom is -0.493 e. The number of aromatic amines is 1. The van der Waals surface area contributed by atoms with Crippen LogP contribution in [0.5, 0.6) is 11.5 Å². The van der Waals surface area contributed by atoms with Gasteiger partial charge in [0.1, 0.15) is 10.7 Å². The van der Waals surface area contributed by atoms with Crippen molar-refractivity contribution in [2.24, 2.45) is 0 Å². The molecular formula is C22H27N3O4S. The summed E-state index contributed by atoms with van der Waals surface area (Å²) in [6, 6.07) is 6.09. The molecule has 0 aliphatic heterocycles. The van der Waals surface area contributed by atoms with Crippen LogP contribution in [-0.4, -0.2) is 52.9 Å². The summed E-state index contributed by atoms with van der Waals surface area (Å²) in [5, 5.41) is 12.6. The average Bonchev–Trinajstić information content (AvgIpc) is 3.51. The molecule has 0 unspecified atom stereocenters. The Labute approximate surface area is 179 Å². The summed E-state index contributed by atoms with van der Waals surface area (Å²) >= 11 is 1.46. The first kappa shape index (κ1) is 20.8. The van der Waals surface area contributed by atoms with Crippen molar-refractivity contribution in [1.29, 1.82) is 0 Å². The zero-order valence-electron chi connectivity index (χ0n) is 17.5. The summed E-state index contributed by atoms with van der Waals surface area (Å²) in [6.45, 7) is 3.12. The molecule has 0 amide bonds. The van der Waals surface area contributed by atoms with Crippen molar-refractivity contribution in [3.63, 3.8) is 0 Å². The Balaban J connectivity index is 1.66.